The van der Waals surface area contributed by atoms with E-state index in [-0.39, 0.29) is 18.9 Å². The third-order valence-corrected chi connectivity index (χ3v) is 8.21. The number of carbonyl (C=O) groups excluding carboxylic acids is 1. The molecule has 0 saturated carbocycles. The fourth-order valence-electron chi connectivity index (χ4n) is 5.30. The molecule has 47 heavy (non-hydrogen) atoms. The summed E-state index contributed by atoms with van der Waals surface area (Å²) in [5.41, 5.74) is 17.2. The summed E-state index contributed by atoms with van der Waals surface area (Å²) in [4.78, 5) is 22.5. The van der Waals surface area contributed by atoms with Crippen molar-refractivity contribution >= 4 is 33.4 Å². The predicted molar refractivity (Wildman–Crippen MR) is 183 cm³/mol. The summed E-state index contributed by atoms with van der Waals surface area (Å²) in [5.74, 6) is 1.27. The van der Waals surface area contributed by atoms with Gasteiger partial charge in [0.1, 0.15) is 11.5 Å². The molecule has 1 aliphatic heterocycles. The number of hydrogen-bond acceptors (Lipinski definition) is 8. The molecule has 0 fully saturated rings. The van der Waals surface area contributed by atoms with Crippen LogP contribution in [0.2, 0.25) is 0 Å². The number of hydrogen-bond donors (Lipinski definition) is 3. The van der Waals surface area contributed by atoms with Crippen LogP contribution >= 0.6 is 15.9 Å². The third-order valence-electron chi connectivity index (χ3n) is 7.68. The highest BCUT2D eigenvalue weighted by Crippen LogP contribution is 2.44. The minimum absolute atomic E-state index is 0.0446. The molecule has 12 heteroatoms. The Kier molecular flexibility index (Phi) is 11.5. The number of halogens is 1. The topological polar surface area (TPSA) is 150 Å². The Balaban J connectivity index is 1.50. The number of nitrogens with one attached hydrogen (secondary N) is 2. The SMILES string of the molecule is COc1cccc(CCNNC(=O)[C@@]2(Cc3ccccc3N=[N+]=[N-])N=C(c3ccc(OCCCO)cc3)O[C@H]2c2ccc(Br)cc2)c1. The fourth-order valence-corrected chi connectivity index (χ4v) is 5.57. The fraction of sp³-hybridized carbons (Fsp3) is 0.257. The number of hydrazine groups is 1. The zero-order valence-electron chi connectivity index (χ0n) is 25.8. The van der Waals surface area contributed by atoms with Crippen LogP contribution in [0.4, 0.5) is 5.69 Å². The third kappa shape index (κ3) is 8.30. The number of carbonyl (C=O) groups is 1. The summed E-state index contributed by atoms with van der Waals surface area (Å²) in [7, 11) is 1.62. The van der Waals surface area contributed by atoms with E-state index in [0.29, 0.717) is 48.6 Å². The Bertz CT molecular complexity index is 1740. The van der Waals surface area contributed by atoms with Crippen LogP contribution in [0, 0.1) is 0 Å². The zero-order valence-corrected chi connectivity index (χ0v) is 27.4. The van der Waals surface area contributed by atoms with E-state index in [2.05, 4.69) is 36.8 Å². The molecule has 0 radical (unpaired) electrons. The first-order chi connectivity index (χ1) is 23.0. The number of azide groups is 1. The molecule has 0 aliphatic carbocycles. The molecule has 0 unspecified atom stereocenters. The van der Waals surface area contributed by atoms with Crippen molar-refractivity contribution in [2.24, 2.45) is 10.1 Å². The Morgan fingerprint density at radius 2 is 1.85 bits per heavy atom. The molecule has 3 N–H and O–H groups in total. The summed E-state index contributed by atoms with van der Waals surface area (Å²) < 4.78 is 18.5. The van der Waals surface area contributed by atoms with Crippen molar-refractivity contribution in [3.63, 3.8) is 0 Å². The van der Waals surface area contributed by atoms with Gasteiger partial charge in [-0.2, -0.15) is 0 Å². The van der Waals surface area contributed by atoms with Crippen LogP contribution in [-0.4, -0.2) is 49.3 Å². The smallest absolute Gasteiger partial charge is 0.266 e. The van der Waals surface area contributed by atoms with Crippen molar-refractivity contribution in [2.45, 2.75) is 30.9 Å². The lowest BCUT2D eigenvalue weighted by molar-refractivity contribution is -0.130. The summed E-state index contributed by atoms with van der Waals surface area (Å²) in [6, 6.07) is 29.7. The lowest BCUT2D eigenvalue weighted by Crippen LogP contribution is -2.54. The second kappa shape index (κ2) is 16.1. The van der Waals surface area contributed by atoms with Gasteiger partial charge in [-0.05, 0) is 77.2 Å². The van der Waals surface area contributed by atoms with Gasteiger partial charge in [-0.3, -0.25) is 10.2 Å². The van der Waals surface area contributed by atoms with Crippen molar-refractivity contribution in [1.29, 1.82) is 0 Å². The van der Waals surface area contributed by atoms with Crippen molar-refractivity contribution in [3.8, 4) is 11.5 Å². The van der Waals surface area contributed by atoms with E-state index < -0.39 is 17.6 Å². The maximum atomic E-state index is 14.4. The molecule has 2 atom stereocenters. The average Bonchev–Trinajstić information content (AvgIpc) is 3.49. The van der Waals surface area contributed by atoms with Crippen molar-refractivity contribution in [2.75, 3.05) is 26.9 Å². The van der Waals surface area contributed by atoms with Gasteiger partial charge in [0.15, 0.2) is 11.6 Å². The quantitative estimate of drug-likeness (QED) is 0.0423. The standard InChI is InChI=1S/C35H35BrN6O5/c1-45-30-8-4-6-24(22-30)18-19-38-41-34(44)35(23-27-7-2-3-9-31(27)40-42-37)32(25-10-14-28(36)15-11-25)47-33(39-35)26-12-16-29(17-13-26)46-21-5-20-43/h2-4,6-17,22,32,38,43H,5,18-21,23H2,1H3,(H,41,44)/t32-,35-/m0/s1. The van der Waals surface area contributed by atoms with E-state index >= 15 is 0 Å². The largest absolute Gasteiger partial charge is 0.497 e. The number of nitrogens with zero attached hydrogens (tertiary/aromatic N) is 4. The molecule has 0 aromatic heterocycles. The molecule has 0 saturated heterocycles. The maximum Gasteiger partial charge on any atom is 0.266 e. The minimum atomic E-state index is -1.50. The second-order valence-electron chi connectivity index (χ2n) is 10.8. The summed E-state index contributed by atoms with van der Waals surface area (Å²) in [6.45, 7) is 0.878. The Morgan fingerprint density at radius 3 is 2.60 bits per heavy atom. The predicted octanol–water partition coefficient (Wildman–Crippen LogP) is 6.52. The van der Waals surface area contributed by atoms with E-state index in [4.69, 9.17) is 24.3 Å². The van der Waals surface area contributed by atoms with Gasteiger partial charge in [-0.1, -0.05) is 69.6 Å². The Labute approximate surface area is 281 Å². The summed E-state index contributed by atoms with van der Waals surface area (Å²) in [6.07, 6.45) is 0.413. The van der Waals surface area contributed by atoms with Crippen LogP contribution in [0.3, 0.4) is 0 Å². The monoisotopic (exact) mass is 698 g/mol. The number of benzene rings is 4. The van der Waals surface area contributed by atoms with Gasteiger partial charge in [0.25, 0.3) is 5.91 Å². The number of ether oxygens (including phenoxy) is 3. The van der Waals surface area contributed by atoms with Gasteiger partial charge in [0.2, 0.25) is 5.90 Å². The number of rotatable bonds is 15. The van der Waals surface area contributed by atoms with Crippen LogP contribution in [-0.2, 0) is 22.4 Å². The zero-order chi connectivity index (χ0) is 33.1. The van der Waals surface area contributed by atoms with Crippen LogP contribution in [0.15, 0.2) is 112 Å². The molecule has 0 spiro atoms. The molecule has 1 aliphatic rings. The highest BCUT2D eigenvalue weighted by molar-refractivity contribution is 9.10. The van der Waals surface area contributed by atoms with Gasteiger partial charge in [-0.15, -0.1) is 0 Å². The van der Waals surface area contributed by atoms with Gasteiger partial charge in [0, 0.05) is 46.6 Å². The number of methoxy groups -OCH3 is 1. The molecular weight excluding hydrogens is 664 g/mol. The first-order valence-corrected chi connectivity index (χ1v) is 15.9. The second-order valence-corrected chi connectivity index (χ2v) is 11.7. The van der Waals surface area contributed by atoms with E-state index in [1.807, 2.05) is 72.8 Å². The van der Waals surface area contributed by atoms with E-state index in [1.54, 1.807) is 31.4 Å². The molecule has 5 rings (SSSR count). The van der Waals surface area contributed by atoms with Gasteiger partial charge >= 0.3 is 0 Å². The first kappa shape index (κ1) is 33.5. The van der Waals surface area contributed by atoms with Gasteiger partial charge in [0.05, 0.1) is 13.7 Å². The van der Waals surface area contributed by atoms with E-state index in [0.717, 1.165) is 21.3 Å². The summed E-state index contributed by atoms with van der Waals surface area (Å²) in [5, 5.41) is 13.0. The molecule has 1 heterocycles. The first-order valence-electron chi connectivity index (χ1n) is 15.1. The van der Waals surface area contributed by atoms with E-state index in [9.17, 15) is 10.3 Å². The normalized spacial score (nSPS) is 16.8. The minimum Gasteiger partial charge on any atom is -0.497 e. The van der Waals surface area contributed by atoms with Crippen LogP contribution in [0.25, 0.3) is 10.4 Å². The highest BCUT2D eigenvalue weighted by atomic mass is 79.9. The number of amides is 1. The average molecular weight is 700 g/mol. The molecule has 4 aromatic carbocycles. The van der Waals surface area contributed by atoms with Crippen molar-refractivity contribution in [3.05, 3.63) is 134 Å². The molecular formula is C35H35BrN6O5. The van der Waals surface area contributed by atoms with Gasteiger partial charge < -0.3 is 19.3 Å². The van der Waals surface area contributed by atoms with Crippen LogP contribution < -0.4 is 20.3 Å². The summed E-state index contributed by atoms with van der Waals surface area (Å²) >= 11 is 3.50. The van der Waals surface area contributed by atoms with Gasteiger partial charge in [-0.25, -0.2) is 10.4 Å². The molecule has 4 aromatic rings. The lowest BCUT2D eigenvalue weighted by atomic mass is 9.81. The van der Waals surface area contributed by atoms with Crippen molar-refractivity contribution < 1.29 is 24.1 Å². The number of aliphatic hydroxyl groups excluding tert-OH is 1. The van der Waals surface area contributed by atoms with Crippen LogP contribution in [0.1, 0.15) is 34.8 Å². The molecule has 242 valence electrons. The number of aliphatic imine (C=N–C) groups is 1. The number of aliphatic hydroxyl groups is 1. The van der Waals surface area contributed by atoms with Crippen molar-refractivity contribution in [1.82, 2.24) is 10.9 Å². The Morgan fingerprint density at radius 1 is 1.06 bits per heavy atom. The Hall–Kier alpha value is -4.87. The molecule has 0 bridgehead atoms. The molecule has 1 amide bonds. The molecule has 11 nitrogen and oxygen atoms in total. The maximum absolute atomic E-state index is 14.4. The van der Waals surface area contributed by atoms with Crippen LogP contribution in [0.5, 0.6) is 11.5 Å². The van der Waals surface area contributed by atoms with E-state index in [1.165, 1.54) is 0 Å². The highest BCUT2D eigenvalue weighted by Gasteiger charge is 2.53. The lowest BCUT2D eigenvalue weighted by Gasteiger charge is -2.31.